The molecule has 1 fully saturated rings. The van der Waals surface area contributed by atoms with Gasteiger partial charge in [0.25, 0.3) is 5.91 Å². The molecule has 0 aromatic heterocycles. The average molecular weight is 269 g/mol. The van der Waals surface area contributed by atoms with Crippen molar-refractivity contribution < 1.29 is 9.90 Å². The van der Waals surface area contributed by atoms with Gasteiger partial charge in [0.05, 0.1) is 0 Å². The first-order valence-corrected chi connectivity index (χ1v) is 6.36. The number of aliphatic hydroxyl groups is 1. The highest BCUT2D eigenvalue weighted by molar-refractivity contribution is 6.30. The molecular weight excluding hydrogens is 252 g/mol. The number of amides is 1. The summed E-state index contributed by atoms with van der Waals surface area (Å²) in [4.78, 5) is 16.0. The van der Waals surface area contributed by atoms with E-state index < -0.39 is 6.10 Å². The lowest BCUT2D eigenvalue weighted by Crippen LogP contribution is -2.48. The number of rotatable bonds is 2. The Morgan fingerprint density at radius 1 is 1.22 bits per heavy atom. The van der Waals surface area contributed by atoms with E-state index in [2.05, 4.69) is 4.90 Å². The molecule has 0 spiro atoms. The molecule has 2 rings (SSSR count). The maximum absolute atomic E-state index is 12.1. The topological polar surface area (TPSA) is 43.8 Å². The van der Waals surface area contributed by atoms with Crippen molar-refractivity contribution in [2.75, 3.05) is 33.2 Å². The van der Waals surface area contributed by atoms with Gasteiger partial charge in [0.1, 0.15) is 0 Å². The molecule has 5 heteroatoms. The summed E-state index contributed by atoms with van der Waals surface area (Å²) in [5.74, 6) is -0.231. The van der Waals surface area contributed by atoms with Crippen molar-refractivity contribution in [3.05, 3.63) is 34.9 Å². The van der Waals surface area contributed by atoms with Crippen molar-refractivity contribution in [1.82, 2.24) is 9.80 Å². The summed E-state index contributed by atoms with van der Waals surface area (Å²) in [6, 6.07) is 6.72. The molecule has 1 aromatic rings. The molecule has 1 aromatic carbocycles. The van der Waals surface area contributed by atoms with Crippen LogP contribution in [0.15, 0.2) is 24.3 Å². The Bertz CT molecular complexity index is 414. The normalized spacial score (nSPS) is 18.7. The van der Waals surface area contributed by atoms with Crippen LogP contribution in [0.4, 0.5) is 0 Å². The molecule has 1 unspecified atom stereocenters. The molecule has 1 atom stereocenters. The first-order valence-electron chi connectivity index (χ1n) is 5.99. The van der Waals surface area contributed by atoms with E-state index in [1.807, 2.05) is 7.05 Å². The predicted molar refractivity (Wildman–Crippen MR) is 70.5 cm³/mol. The average Bonchev–Trinajstić information content (AvgIpc) is 2.39. The molecular formula is C13H17ClN2O2. The van der Waals surface area contributed by atoms with Gasteiger partial charge in [-0.2, -0.15) is 0 Å². The maximum atomic E-state index is 12.1. The fourth-order valence-electron chi connectivity index (χ4n) is 1.99. The van der Waals surface area contributed by atoms with Crippen molar-refractivity contribution in [1.29, 1.82) is 0 Å². The number of aliphatic hydroxyl groups excluding tert-OH is 1. The quantitative estimate of drug-likeness (QED) is 0.875. The van der Waals surface area contributed by atoms with E-state index in [4.69, 9.17) is 11.6 Å². The smallest absolute Gasteiger partial charge is 0.256 e. The Labute approximate surface area is 112 Å². The summed E-state index contributed by atoms with van der Waals surface area (Å²) >= 11 is 5.78. The molecule has 1 heterocycles. The molecule has 1 amide bonds. The number of hydrogen-bond donors (Lipinski definition) is 1. The summed E-state index contributed by atoms with van der Waals surface area (Å²) < 4.78 is 0. The molecule has 1 aliphatic heterocycles. The van der Waals surface area contributed by atoms with Crippen molar-refractivity contribution in [3.63, 3.8) is 0 Å². The van der Waals surface area contributed by atoms with E-state index in [1.165, 1.54) is 0 Å². The zero-order valence-corrected chi connectivity index (χ0v) is 11.1. The second-order valence-electron chi connectivity index (χ2n) is 4.58. The van der Waals surface area contributed by atoms with Crippen LogP contribution in [0, 0.1) is 0 Å². The van der Waals surface area contributed by atoms with Gasteiger partial charge in [-0.15, -0.1) is 0 Å². The number of hydrogen-bond acceptors (Lipinski definition) is 3. The van der Waals surface area contributed by atoms with E-state index in [0.717, 1.165) is 13.1 Å². The van der Waals surface area contributed by atoms with Gasteiger partial charge in [-0.1, -0.05) is 23.7 Å². The summed E-state index contributed by atoms with van der Waals surface area (Å²) in [6.07, 6.45) is -1.09. The minimum atomic E-state index is -1.09. The van der Waals surface area contributed by atoms with Gasteiger partial charge in [-0.3, -0.25) is 4.79 Å². The number of halogens is 1. The van der Waals surface area contributed by atoms with Gasteiger partial charge in [0, 0.05) is 31.2 Å². The molecule has 1 saturated heterocycles. The highest BCUT2D eigenvalue weighted by Gasteiger charge is 2.25. The third-order valence-corrected chi connectivity index (χ3v) is 3.49. The summed E-state index contributed by atoms with van der Waals surface area (Å²) in [7, 11) is 2.03. The predicted octanol–water partition coefficient (Wildman–Crippen LogP) is 1.15. The Morgan fingerprint density at radius 3 is 2.33 bits per heavy atom. The number of likely N-dealkylation sites (N-methyl/N-ethyl adjacent to an activating group) is 1. The van der Waals surface area contributed by atoms with E-state index in [0.29, 0.717) is 23.7 Å². The minimum absolute atomic E-state index is 0.231. The molecule has 0 saturated carbocycles. The van der Waals surface area contributed by atoms with Crippen molar-refractivity contribution >= 4 is 17.5 Å². The molecule has 0 radical (unpaired) electrons. The Hall–Kier alpha value is -1.10. The number of carbonyl (C=O) groups excluding carboxylic acids is 1. The Morgan fingerprint density at radius 2 is 1.78 bits per heavy atom. The van der Waals surface area contributed by atoms with E-state index in [1.54, 1.807) is 29.2 Å². The maximum Gasteiger partial charge on any atom is 0.256 e. The second kappa shape index (κ2) is 5.69. The second-order valence-corrected chi connectivity index (χ2v) is 5.02. The fourth-order valence-corrected chi connectivity index (χ4v) is 2.11. The molecule has 98 valence electrons. The van der Waals surface area contributed by atoms with Gasteiger partial charge in [0.2, 0.25) is 0 Å². The van der Waals surface area contributed by atoms with Gasteiger partial charge >= 0.3 is 0 Å². The monoisotopic (exact) mass is 268 g/mol. The zero-order valence-electron chi connectivity index (χ0n) is 10.3. The molecule has 1 aliphatic rings. The molecule has 1 N–H and O–H groups in total. The first-order chi connectivity index (χ1) is 8.58. The highest BCUT2D eigenvalue weighted by Crippen LogP contribution is 2.19. The van der Waals surface area contributed by atoms with Gasteiger partial charge in [-0.05, 0) is 24.7 Å². The van der Waals surface area contributed by atoms with Crippen molar-refractivity contribution in [2.45, 2.75) is 6.10 Å². The van der Waals surface area contributed by atoms with Crippen LogP contribution in [-0.4, -0.2) is 54.0 Å². The fraction of sp³-hybridized carbons (Fsp3) is 0.462. The summed E-state index contributed by atoms with van der Waals surface area (Å²) in [6.45, 7) is 3.03. The van der Waals surface area contributed by atoms with Crippen LogP contribution in [0.5, 0.6) is 0 Å². The first kappa shape index (κ1) is 13.3. The van der Waals surface area contributed by atoms with Crippen LogP contribution in [0.1, 0.15) is 11.7 Å². The number of piperazine rings is 1. The third kappa shape index (κ3) is 3.02. The summed E-state index contributed by atoms with van der Waals surface area (Å²) in [5.41, 5.74) is 0.586. The molecule has 0 aliphatic carbocycles. The highest BCUT2D eigenvalue weighted by atomic mass is 35.5. The van der Waals surface area contributed by atoms with Crippen molar-refractivity contribution in [2.24, 2.45) is 0 Å². The Kier molecular flexibility index (Phi) is 4.22. The van der Waals surface area contributed by atoms with Crippen LogP contribution in [0.2, 0.25) is 5.02 Å². The molecule has 4 nitrogen and oxygen atoms in total. The number of nitrogens with zero attached hydrogens (tertiary/aromatic N) is 2. The van der Waals surface area contributed by atoms with Gasteiger partial charge in [0.15, 0.2) is 6.10 Å². The van der Waals surface area contributed by atoms with Gasteiger partial charge < -0.3 is 14.9 Å². The largest absolute Gasteiger partial charge is 0.378 e. The van der Waals surface area contributed by atoms with Crippen LogP contribution in [0.3, 0.4) is 0 Å². The van der Waals surface area contributed by atoms with Crippen LogP contribution in [-0.2, 0) is 4.79 Å². The zero-order chi connectivity index (χ0) is 13.1. The van der Waals surface area contributed by atoms with E-state index in [9.17, 15) is 9.90 Å². The number of benzene rings is 1. The number of carbonyl (C=O) groups is 1. The van der Waals surface area contributed by atoms with Crippen molar-refractivity contribution in [3.8, 4) is 0 Å². The van der Waals surface area contributed by atoms with Crippen LogP contribution < -0.4 is 0 Å². The van der Waals surface area contributed by atoms with E-state index >= 15 is 0 Å². The van der Waals surface area contributed by atoms with Crippen LogP contribution in [0.25, 0.3) is 0 Å². The Balaban J connectivity index is 2.02. The third-order valence-electron chi connectivity index (χ3n) is 3.23. The summed E-state index contributed by atoms with van der Waals surface area (Å²) in [5, 5.41) is 10.6. The van der Waals surface area contributed by atoms with Crippen LogP contribution >= 0.6 is 11.6 Å². The minimum Gasteiger partial charge on any atom is -0.378 e. The lowest BCUT2D eigenvalue weighted by Gasteiger charge is -2.33. The lowest BCUT2D eigenvalue weighted by atomic mass is 10.1. The molecule has 0 bridgehead atoms. The van der Waals surface area contributed by atoms with Gasteiger partial charge in [-0.25, -0.2) is 0 Å². The standard InChI is InChI=1S/C13H17ClN2O2/c1-15-6-8-16(9-7-15)13(18)12(17)10-2-4-11(14)5-3-10/h2-5,12,17H,6-9H2,1H3. The molecule has 18 heavy (non-hydrogen) atoms. The van der Waals surface area contributed by atoms with E-state index in [-0.39, 0.29) is 5.91 Å². The SMILES string of the molecule is CN1CCN(C(=O)C(O)c2ccc(Cl)cc2)CC1. The lowest BCUT2D eigenvalue weighted by molar-refractivity contribution is -0.142.